The van der Waals surface area contributed by atoms with Crippen molar-refractivity contribution in [3.05, 3.63) is 28.2 Å². The first-order valence-corrected chi connectivity index (χ1v) is 4.54. The highest BCUT2D eigenvalue weighted by atomic mass is 79.9. The fourth-order valence-corrected chi connectivity index (χ4v) is 1.39. The maximum Gasteiger partial charge on any atom is 0.124 e. The normalized spacial score (nSPS) is 9.15. The molecule has 0 heterocycles. The first-order valence-electron chi connectivity index (χ1n) is 3.75. The Kier molecular flexibility index (Phi) is 6.12. The van der Waals surface area contributed by atoms with Crippen LogP contribution in [0.2, 0.25) is 0 Å². The molecule has 0 spiro atoms. The highest BCUT2D eigenvalue weighted by molar-refractivity contribution is 9.10. The molecule has 0 aliphatic heterocycles. The summed E-state index contributed by atoms with van der Waals surface area (Å²) in [6, 6.07) is 6.02. The molecule has 0 aliphatic rings. The lowest BCUT2D eigenvalue weighted by atomic mass is 10.2. The van der Waals surface area contributed by atoms with Crippen LogP contribution in [0, 0.1) is 0 Å². The molecule has 1 N–H and O–H groups in total. The molecule has 0 radical (unpaired) electrons. The highest BCUT2D eigenvalue weighted by Crippen LogP contribution is 2.22. The monoisotopic (exact) mass is 265 g/mol. The van der Waals surface area contributed by atoms with Crippen molar-refractivity contribution in [2.24, 2.45) is 0 Å². The summed E-state index contributed by atoms with van der Waals surface area (Å²) in [5.41, 5.74) is 1.17. The van der Waals surface area contributed by atoms with Gasteiger partial charge in [-0.05, 0) is 19.2 Å². The first-order chi connectivity index (χ1) is 5.77. The lowest BCUT2D eigenvalue weighted by Gasteiger charge is -2.07. The second-order valence-electron chi connectivity index (χ2n) is 2.49. The van der Waals surface area contributed by atoms with Gasteiger partial charge in [-0.3, -0.25) is 0 Å². The van der Waals surface area contributed by atoms with Crippen molar-refractivity contribution in [2.75, 3.05) is 14.2 Å². The second-order valence-corrected chi connectivity index (χ2v) is 3.40. The molecule has 13 heavy (non-hydrogen) atoms. The van der Waals surface area contributed by atoms with Gasteiger partial charge < -0.3 is 10.1 Å². The molecule has 0 fully saturated rings. The molecule has 0 saturated heterocycles. The van der Waals surface area contributed by atoms with Gasteiger partial charge in [0.25, 0.3) is 0 Å². The molecule has 4 heteroatoms. The van der Waals surface area contributed by atoms with E-state index in [-0.39, 0.29) is 12.4 Å². The molecule has 0 unspecified atom stereocenters. The van der Waals surface area contributed by atoms with E-state index in [1.807, 2.05) is 25.2 Å². The van der Waals surface area contributed by atoms with Crippen molar-refractivity contribution in [2.45, 2.75) is 6.54 Å². The van der Waals surface area contributed by atoms with Crippen molar-refractivity contribution < 1.29 is 4.74 Å². The van der Waals surface area contributed by atoms with Crippen LogP contribution in [0.3, 0.4) is 0 Å². The Morgan fingerprint density at radius 3 is 2.69 bits per heavy atom. The Labute approximate surface area is 93.2 Å². The summed E-state index contributed by atoms with van der Waals surface area (Å²) in [6.07, 6.45) is 0. The predicted octanol–water partition coefficient (Wildman–Crippen LogP) is 2.60. The van der Waals surface area contributed by atoms with Gasteiger partial charge in [0.15, 0.2) is 0 Å². The van der Waals surface area contributed by atoms with Crippen LogP contribution in [-0.4, -0.2) is 14.2 Å². The predicted molar refractivity (Wildman–Crippen MR) is 60.7 cm³/mol. The topological polar surface area (TPSA) is 21.3 Å². The maximum absolute atomic E-state index is 5.21. The van der Waals surface area contributed by atoms with Gasteiger partial charge in [-0.25, -0.2) is 0 Å². The third-order valence-electron chi connectivity index (χ3n) is 1.62. The molecular formula is C9H13BrClNO. The van der Waals surface area contributed by atoms with Crippen LogP contribution in [0.15, 0.2) is 22.7 Å². The van der Waals surface area contributed by atoms with Gasteiger partial charge >= 0.3 is 0 Å². The number of ether oxygens (including phenoxy) is 1. The van der Waals surface area contributed by atoms with Crippen molar-refractivity contribution in [1.82, 2.24) is 5.32 Å². The summed E-state index contributed by atoms with van der Waals surface area (Å²) in [5.74, 6) is 0.915. The van der Waals surface area contributed by atoms with Gasteiger partial charge in [-0.15, -0.1) is 12.4 Å². The zero-order valence-electron chi connectivity index (χ0n) is 7.63. The lowest BCUT2D eigenvalue weighted by molar-refractivity contribution is 0.408. The number of nitrogens with one attached hydrogen (secondary N) is 1. The van der Waals surface area contributed by atoms with Crippen molar-refractivity contribution in [1.29, 1.82) is 0 Å². The average molecular weight is 267 g/mol. The van der Waals surface area contributed by atoms with E-state index in [4.69, 9.17) is 4.74 Å². The number of methoxy groups -OCH3 is 1. The van der Waals surface area contributed by atoms with Crippen LogP contribution in [0.5, 0.6) is 5.75 Å². The van der Waals surface area contributed by atoms with Crippen molar-refractivity contribution in [3.63, 3.8) is 0 Å². The van der Waals surface area contributed by atoms with Gasteiger partial charge in [0, 0.05) is 16.6 Å². The number of benzene rings is 1. The summed E-state index contributed by atoms with van der Waals surface area (Å²) in [4.78, 5) is 0. The molecular weight excluding hydrogens is 253 g/mol. The molecule has 0 bridgehead atoms. The zero-order valence-corrected chi connectivity index (χ0v) is 10.0. The van der Waals surface area contributed by atoms with E-state index in [2.05, 4.69) is 21.2 Å². The molecule has 1 aromatic rings. The Hall–Kier alpha value is -0.250. The van der Waals surface area contributed by atoms with Crippen LogP contribution >= 0.6 is 28.3 Å². The third-order valence-corrected chi connectivity index (χ3v) is 2.11. The van der Waals surface area contributed by atoms with E-state index < -0.39 is 0 Å². The van der Waals surface area contributed by atoms with E-state index in [0.29, 0.717) is 0 Å². The van der Waals surface area contributed by atoms with Crippen LogP contribution in [0.25, 0.3) is 0 Å². The number of hydrogen-bond acceptors (Lipinski definition) is 2. The molecule has 0 atom stereocenters. The van der Waals surface area contributed by atoms with Gasteiger partial charge in [-0.1, -0.05) is 22.0 Å². The fraction of sp³-hybridized carbons (Fsp3) is 0.333. The Balaban J connectivity index is 0.00000144. The molecule has 1 aromatic carbocycles. The fourth-order valence-electron chi connectivity index (χ4n) is 1.05. The van der Waals surface area contributed by atoms with E-state index in [9.17, 15) is 0 Å². The van der Waals surface area contributed by atoms with Gasteiger partial charge in [-0.2, -0.15) is 0 Å². The molecule has 0 aliphatic carbocycles. The number of rotatable bonds is 3. The molecule has 0 amide bonds. The van der Waals surface area contributed by atoms with E-state index in [1.165, 1.54) is 5.56 Å². The van der Waals surface area contributed by atoms with Crippen molar-refractivity contribution >= 4 is 28.3 Å². The van der Waals surface area contributed by atoms with Crippen LogP contribution in [0.1, 0.15) is 5.56 Å². The largest absolute Gasteiger partial charge is 0.496 e. The third kappa shape index (κ3) is 3.55. The summed E-state index contributed by atoms with van der Waals surface area (Å²) < 4.78 is 6.25. The SMILES string of the molecule is CNCc1ccc(Br)cc1OC.Cl. The number of halogens is 2. The van der Waals surface area contributed by atoms with E-state index >= 15 is 0 Å². The van der Waals surface area contributed by atoms with Gasteiger partial charge in [0.1, 0.15) is 5.75 Å². The molecule has 0 aromatic heterocycles. The Morgan fingerprint density at radius 1 is 1.46 bits per heavy atom. The van der Waals surface area contributed by atoms with E-state index in [1.54, 1.807) is 7.11 Å². The maximum atomic E-state index is 5.21. The summed E-state index contributed by atoms with van der Waals surface area (Å²) in [7, 11) is 3.60. The Morgan fingerprint density at radius 2 is 2.15 bits per heavy atom. The van der Waals surface area contributed by atoms with Gasteiger partial charge in [0.05, 0.1) is 7.11 Å². The smallest absolute Gasteiger partial charge is 0.124 e. The first kappa shape index (κ1) is 12.8. The number of hydrogen-bond donors (Lipinski definition) is 1. The highest BCUT2D eigenvalue weighted by Gasteiger charge is 2.01. The van der Waals surface area contributed by atoms with Crippen LogP contribution in [0.4, 0.5) is 0 Å². The van der Waals surface area contributed by atoms with Crippen LogP contribution in [-0.2, 0) is 6.54 Å². The van der Waals surface area contributed by atoms with E-state index in [0.717, 1.165) is 16.8 Å². The minimum absolute atomic E-state index is 0. The quantitative estimate of drug-likeness (QED) is 0.908. The lowest BCUT2D eigenvalue weighted by Crippen LogP contribution is -2.06. The Bertz CT molecular complexity index is 268. The summed E-state index contributed by atoms with van der Waals surface area (Å²) in [5, 5.41) is 3.08. The standard InChI is InChI=1S/C9H12BrNO.ClH/c1-11-6-7-3-4-8(10)5-9(7)12-2;/h3-5,11H,6H2,1-2H3;1H. The molecule has 74 valence electrons. The zero-order chi connectivity index (χ0) is 8.97. The summed E-state index contributed by atoms with van der Waals surface area (Å²) >= 11 is 3.39. The molecule has 2 nitrogen and oxygen atoms in total. The summed E-state index contributed by atoms with van der Waals surface area (Å²) in [6.45, 7) is 0.830. The molecule has 1 rings (SSSR count). The van der Waals surface area contributed by atoms with Gasteiger partial charge in [0.2, 0.25) is 0 Å². The second kappa shape index (κ2) is 6.24. The molecule has 0 saturated carbocycles. The van der Waals surface area contributed by atoms with Crippen LogP contribution < -0.4 is 10.1 Å². The minimum atomic E-state index is 0. The average Bonchev–Trinajstić information content (AvgIpc) is 2.08. The van der Waals surface area contributed by atoms with Crippen molar-refractivity contribution in [3.8, 4) is 5.75 Å². The minimum Gasteiger partial charge on any atom is -0.496 e.